The third-order valence-corrected chi connectivity index (χ3v) is 12.1. The van der Waals surface area contributed by atoms with E-state index < -0.39 is 52.3 Å². The van der Waals surface area contributed by atoms with Crippen molar-refractivity contribution in [2.45, 2.75) is 21.6 Å². The van der Waals surface area contributed by atoms with Crippen LogP contribution in [0.15, 0.2) is 99.6 Å². The first-order valence-corrected chi connectivity index (χ1v) is 16.2. The first kappa shape index (κ1) is 27.2. The first-order chi connectivity index (χ1) is 16.2. The lowest BCUT2D eigenvalue weighted by Crippen LogP contribution is -2.34. The highest BCUT2D eigenvalue weighted by Crippen LogP contribution is 2.56. The number of rotatable bonds is 8. The van der Waals surface area contributed by atoms with E-state index in [1.54, 1.807) is 37.3 Å². The van der Waals surface area contributed by atoms with E-state index in [0.29, 0.717) is 15.9 Å². The van der Waals surface area contributed by atoms with Crippen LogP contribution in [0.4, 0.5) is 0 Å². The zero-order valence-electron chi connectivity index (χ0n) is 18.3. The van der Waals surface area contributed by atoms with Crippen LogP contribution >= 0.6 is 7.26 Å². The van der Waals surface area contributed by atoms with Crippen LogP contribution in [0, 0.1) is 0 Å². The fourth-order valence-corrected chi connectivity index (χ4v) is 9.67. The molecule has 0 radical (unpaired) electrons. The Kier molecular flexibility index (Phi) is 7.68. The van der Waals surface area contributed by atoms with E-state index in [-0.39, 0.29) is 6.16 Å². The van der Waals surface area contributed by atoms with E-state index >= 15 is 0 Å². The van der Waals surface area contributed by atoms with E-state index in [0.717, 1.165) is 0 Å². The summed E-state index contributed by atoms with van der Waals surface area (Å²) in [6.07, 6.45) is 3.68. The van der Waals surface area contributed by atoms with Gasteiger partial charge < -0.3 is 0 Å². The second-order valence-electron chi connectivity index (χ2n) is 7.48. The molecular formula is C22H22O9PS3+. The van der Waals surface area contributed by atoms with Crippen LogP contribution in [0.1, 0.15) is 6.92 Å². The minimum absolute atomic E-state index is 0.197. The van der Waals surface area contributed by atoms with Crippen molar-refractivity contribution >= 4 is 53.5 Å². The molecule has 186 valence electrons. The van der Waals surface area contributed by atoms with Crippen LogP contribution in [0.3, 0.4) is 0 Å². The Morgan fingerprint density at radius 3 is 1.20 bits per heavy atom. The number of allylic oxidation sites excluding steroid dienone is 2. The Hall–Kier alpha value is -2.44. The van der Waals surface area contributed by atoms with Gasteiger partial charge in [0.25, 0.3) is 30.4 Å². The average molecular weight is 558 g/mol. The molecule has 0 aliphatic rings. The van der Waals surface area contributed by atoms with E-state index in [4.69, 9.17) is 0 Å². The van der Waals surface area contributed by atoms with Crippen LogP contribution < -0.4 is 15.9 Å². The van der Waals surface area contributed by atoms with Gasteiger partial charge in [-0.15, -0.1) is 0 Å². The Morgan fingerprint density at radius 2 is 0.943 bits per heavy atom. The maximum atomic E-state index is 11.9. The molecule has 0 amide bonds. The standard InChI is InChI=1S/C22H21O9PS3/c1-2-3-13-32(17-7-4-10-20(14-17)33(23,24)25,18-8-5-11-21(15-18)34(26,27)28)19-9-6-12-22(16-19)35(29,30)31/h2-12,14-16H,13H2,1H3,(H2-,23,24,25,26,27,28,29,30,31)/p+1/b3-2+. The van der Waals surface area contributed by atoms with Gasteiger partial charge in [0.05, 0.1) is 20.8 Å². The maximum absolute atomic E-state index is 11.9. The summed E-state index contributed by atoms with van der Waals surface area (Å²) in [5, 5.41) is 1.14. The molecule has 3 aromatic rings. The van der Waals surface area contributed by atoms with Gasteiger partial charge in [-0.3, -0.25) is 13.7 Å². The third kappa shape index (κ3) is 5.87. The van der Waals surface area contributed by atoms with E-state index in [2.05, 4.69) is 0 Å². The predicted octanol–water partition coefficient (Wildman–Crippen LogP) is 2.30. The predicted molar refractivity (Wildman–Crippen MR) is 134 cm³/mol. The highest BCUT2D eigenvalue weighted by atomic mass is 32.2. The molecule has 13 heteroatoms. The summed E-state index contributed by atoms with van der Waals surface area (Å²) in [7, 11) is -16.9. The largest absolute Gasteiger partial charge is 0.294 e. The van der Waals surface area contributed by atoms with Crippen LogP contribution in [-0.4, -0.2) is 45.1 Å². The summed E-state index contributed by atoms with van der Waals surface area (Å²) < 4.78 is 100. The van der Waals surface area contributed by atoms with Crippen molar-refractivity contribution in [1.29, 1.82) is 0 Å². The Bertz CT molecular complexity index is 1430. The average Bonchev–Trinajstić information content (AvgIpc) is 2.79. The molecule has 3 N–H and O–H groups in total. The molecule has 9 nitrogen and oxygen atoms in total. The van der Waals surface area contributed by atoms with Gasteiger partial charge in [-0.05, 0) is 43.3 Å². The van der Waals surface area contributed by atoms with Crippen LogP contribution in [0.5, 0.6) is 0 Å². The lowest BCUT2D eigenvalue weighted by molar-refractivity contribution is 0.481. The quantitative estimate of drug-likeness (QED) is 0.214. The Labute approximate surface area is 204 Å². The van der Waals surface area contributed by atoms with Gasteiger partial charge in [0.2, 0.25) is 0 Å². The molecule has 0 spiro atoms. The van der Waals surface area contributed by atoms with E-state index in [1.165, 1.54) is 54.6 Å². The number of benzene rings is 3. The molecule has 0 aliphatic heterocycles. The summed E-state index contributed by atoms with van der Waals surface area (Å²) in [5.41, 5.74) is 0. The van der Waals surface area contributed by atoms with E-state index in [1.807, 2.05) is 0 Å². The topological polar surface area (TPSA) is 163 Å². The SMILES string of the molecule is C/C=C/C[P+](c1cccc(S(=O)(=O)O)c1)(c1cccc(S(=O)(=O)O)c1)c1cccc(S(=O)(=O)O)c1. The van der Waals surface area contributed by atoms with Crippen molar-refractivity contribution in [1.82, 2.24) is 0 Å². The molecule has 0 saturated carbocycles. The highest BCUT2D eigenvalue weighted by Gasteiger charge is 2.46. The minimum atomic E-state index is -4.61. The van der Waals surface area contributed by atoms with Crippen LogP contribution in [0.2, 0.25) is 0 Å². The molecule has 0 fully saturated rings. The Balaban J connectivity index is 2.53. The zero-order valence-corrected chi connectivity index (χ0v) is 21.6. The lowest BCUT2D eigenvalue weighted by Gasteiger charge is -2.27. The molecule has 0 unspecified atom stereocenters. The van der Waals surface area contributed by atoms with Gasteiger partial charge >= 0.3 is 0 Å². The molecule has 0 saturated heterocycles. The summed E-state index contributed by atoms with van der Waals surface area (Å²) in [6.45, 7) is 1.74. The minimum Gasteiger partial charge on any atom is -0.282 e. The van der Waals surface area contributed by atoms with Crippen molar-refractivity contribution in [2.75, 3.05) is 6.16 Å². The van der Waals surface area contributed by atoms with Gasteiger partial charge in [0, 0.05) is 18.2 Å². The zero-order chi connectivity index (χ0) is 26.1. The van der Waals surface area contributed by atoms with Crippen molar-refractivity contribution < 1.29 is 38.9 Å². The summed E-state index contributed by atoms with van der Waals surface area (Å²) in [6, 6.07) is 16.3. The fourth-order valence-electron chi connectivity index (χ4n) is 3.67. The smallest absolute Gasteiger partial charge is 0.282 e. The molecule has 35 heavy (non-hydrogen) atoms. The lowest BCUT2D eigenvalue weighted by atomic mass is 10.3. The van der Waals surface area contributed by atoms with Crippen molar-refractivity contribution in [3.8, 4) is 0 Å². The normalized spacial score (nSPS) is 13.3. The molecule has 0 aliphatic carbocycles. The molecule has 3 rings (SSSR count). The Morgan fingerprint density at radius 1 is 0.629 bits per heavy atom. The third-order valence-electron chi connectivity index (χ3n) is 5.28. The van der Waals surface area contributed by atoms with Gasteiger partial charge in [-0.25, -0.2) is 0 Å². The molecule has 0 bridgehead atoms. The second kappa shape index (κ2) is 9.90. The van der Waals surface area contributed by atoms with Crippen LogP contribution in [0.25, 0.3) is 0 Å². The molecule has 0 atom stereocenters. The van der Waals surface area contributed by atoms with Gasteiger partial charge in [0.1, 0.15) is 23.2 Å². The monoisotopic (exact) mass is 557 g/mol. The van der Waals surface area contributed by atoms with Gasteiger partial charge in [-0.1, -0.05) is 30.4 Å². The number of hydrogen-bond acceptors (Lipinski definition) is 6. The summed E-state index contributed by atoms with van der Waals surface area (Å²) >= 11 is 0. The second-order valence-corrected chi connectivity index (χ2v) is 15.3. The maximum Gasteiger partial charge on any atom is 0.294 e. The molecule has 0 heterocycles. The molecule has 3 aromatic carbocycles. The fraction of sp³-hybridized carbons (Fsp3) is 0.0909. The van der Waals surface area contributed by atoms with Crippen LogP contribution in [-0.2, 0) is 30.4 Å². The van der Waals surface area contributed by atoms with Crippen molar-refractivity contribution in [2.24, 2.45) is 0 Å². The molecular weight excluding hydrogens is 535 g/mol. The van der Waals surface area contributed by atoms with Crippen molar-refractivity contribution in [3.05, 3.63) is 84.9 Å². The summed E-state index contributed by atoms with van der Waals surface area (Å²) in [5.74, 6) is 0. The van der Waals surface area contributed by atoms with E-state index in [9.17, 15) is 38.9 Å². The van der Waals surface area contributed by atoms with Gasteiger partial charge in [-0.2, -0.15) is 25.3 Å². The summed E-state index contributed by atoms with van der Waals surface area (Å²) in [4.78, 5) is -1.22. The number of hydrogen-bond donors (Lipinski definition) is 3. The highest BCUT2D eigenvalue weighted by molar-refractivity contribution is 7.96. The molecule has 0 aromatic heterocycles. The first-order valence-electron chi connectivity index (χ1n) is 9.93. The van der Waals surface area contributed by atoms with Gasteiger partial charge in [0.15, 0.2) is 0 Å². The van der Waals surface area contributed by atoms with Crippen molar-refractivity contribution in [3.63, 3.8) is 0 Å².